The predicted molar refractivity (Wildman–Crippen MR) is 40.1 cm³/mol. The van der Waals surface area contributed by atoms with Crippen LogP contribution in [-0.2, 0) is 18.6 Å². The van der Waals surface area contributed by atoms with E-state index < -0.39 is 0 Å². The summed E-state index contributed by atoms with van der Waals surface area (Å²) in [5, 5.41) is 9.32. The van der Waals surface area contributed by atoms with Gasteiger partial charge in [-0.3, -0.25) is 4.98 Å². The zero-order valence-corrected chi connectivity index (χ0v) is 8.32. The van der Waals surface area contributed by atoms with E-state index >= 15 is 0 Å². The second-order valence-electron chi connectivity index (χ2n) is 2.50. The molecule has 0 amide bonds. The third-order valence-electron chi connectivity index (χ3n) is 1.74. The van der Waals surface area contributed by atoms with Crippen molar-refractivity contribution in [1.29, 1.82) is 0 Å². The van der Waals surface area contributed by atoms with E-state index in [9.17, 15) is 5.11 Å². The zero-order valence-electron chi connectivity index (χ0n) is 6.92. The molecule has 1 aromatic rings. The SMILES string of the molecule is Cc1cnc(C)c(O)c1C.[V]. The minimum absolute atomic E-state index is 0. The van der Waals surface area contributed by atoms with Crippen LogP contribution in [0.2, 0.25) is 0 Å². The third-order valence-corrected chi connectivity index (χ3v) is 1.74. The fraction of sp³-hybridized carbons (Fsp3) is 0.375. The van der Waals surface area contributed by atoms with Crippen LogP contribution in [-0.4, -0.2) is 10.1 Å². The Kier molecular flexibility index (Phi) is 3.63. The van der Waals surface area contributed by atoms with Crippen LogP contribution in [0, 0.1) is 20.8 Å². The number of aromatic hydroxyl groups is 1. The molecule has 11 heavy (non-hydrogen) atoms. The van der Waals surface area contributed by atoms with E-state index in [4.69, 9.17) is 0 Å². The molecule has 1 radical (unpaired) electrons. The molecule has 0 saturated heterocycles. The number of nitrogens with zero attached hydrogens (tertiary/aromatic N) is 1. The Morgan fingerprint density at radius 1 is 1.27 bits per heavy atom. The summed E-state index contributed by atoms with van der Waals surface area (Å²) >= 11 is 0. The van der Waals surface area contributed by atoms with Gasteiger partial charge >= 0.3 is 0 Å². The Balaban J connectivity index is 0.000001000. The maximum atomic E-state index is 9.32. The van der Waals surface area contributed by atoms with E-state index in [1.54, 1.807) is 13.1 Å². The van der Waals surface area contributed by atoms with Crippen molar-refractivity contribution in [2.75, 3.05) is 0 Å². The molecule has 0 aliphatic rings. The molecule has 59 valence electrons. The molecule has 0 aromatic carbocycles. The predicted octanol–water partition coefficient (Wildman–Crippen LogP) is 1.71. The Bertz CT molecular complexity index is 234. The van der Waals surface area contributed by atoms with Crippen LogP contribution in [0.1, 0.15) is 16.8 Å². The van der Waals surface area contributed by atoms with Gasteiger partial charge < -0.3 is 5.11 Å². The second kappa shape index (κ2) is 3.79. The Morgan fingerprint density at radius 3 is 2.27 bits per heavy atom. The van der Waals surface area contributed by atoms with Gasteiger partial charge in [0.25, 0.3) is 0 Å². The minimum Gasteiger partial charge on any atom is -0.506 e. The fourth-order valence-electron chi connectivity index (χ4n) is 0.810. The van der Waals surface area contributed by atoms with Crippen LogP contribution in [0.5, 0.6) is 5.75 Å². The number of aryl methyl sites for hydroxylation is 2. The van der Waals surface area contributed by atoms with Gasteiger partial charge in [0.2, 0.25) is 0 Å². The standard InChI is InChI=1S/C8H11NO.V/c1-5-4-9-7(3)8(10)6(5)2;/h4,10H,1-3H3;. The first kappa shape index (κ1) is 10.5. The van der Waals surface area contributed by atoms with Gasteiger partial charge in [-0.15, -0.1) is 0 Å². The molecule has 1 heterocycles. The van der Waals surface area contributed by atoms with Crippen molar-refractivity contribution in [3.63, 3.8) is 0 Å². The largest absolute Gasteiger partial charge is 0.506 e. The van der Waals surface area contributed by atoms with E-state index in [-0.39, 0.29) is 18.6 Å². The van der Waals surface area contributed by atoms with Gasteiger partial charge in [0.15, 0.2) is 0 Å². The third kappa shape index (κ3) is 1.98. The molecule has 0 saturated carbocycles. The molecule has 3 heteroatoms. The van der Waals surface area contributed by atoms with Crippen molar-refractivity contribution < 1.29 is 23.7 Å². The first-order valence-electron chi connectivity index (χ1n) is 3.24. The summed E-state index contributed by atoms with van der Waals surface area (Å²) in [6.45, 7) is 5.61. The normalized spacial score (nSPS) is 9.00. The molecule has 1 aromatic heterocycles. The van der Waals surface area contributed by atoms with Gasteiger partial charge in [-0.05, 0) is 31.9 Å². The smallest absolute Gasteiger partial charge is 0.139 e. The monoisotopic (exact) mass is 188 g/mol. The zero-order chi connectivity index (χ0) is 7.72. The van der Waals surface area contributed by atoms with Crippen molar-refractivity contribution in [3.8, 4) is 5.75 Å². The summed E-state index contributed by atoms with van der Waals surface area (Å²) in [7, 11) is 0. The van der Waals surface area contributed by atoms with Crippen LogP contribution >= 0.6 is 0 Å². The maximum absolute atomic E-state index is 9.32. The van der Waals surface area contributed by atoms with E-state index in [1.165, 1.54) is 0 Å². The summed E-state index contributed by atoms with van der Waals surface area (Å²) < 4.78 is 0. The molecule has 0 fully saturated rings. The molecule has 0 unspecified atom stereocenters. The van der Waals surface area contributed by atoms with Crippen LogP contribution in [0.25, 0.3) is 0 Å². The molecule has 1 N–H and O–H groups in total. The molecule has 0 bridgehead atoms. The maximum Gasteiger partial charge on any atom is 0.139 e. The van der Waals surface area contributed by atoms with E-state index in [1.807, 2.05) is 13.8 Å². The Hall–Kier alpha value is -0.466. The number of pyridine rings is 1. The van der Waals surface area contributed by atoms with Gasteiger partial charge in [-0.2, -0.15) is 0 Å². The average Bonchev–Trinajstić information content (AvgIpc) is 1.93. The van der Waals surface area contributed by atoms with Crippen LogP contribution < -0.4 is 0 Å². The molecular formula is C8H11NOV. The summed E-state index contributed by atoms with van der Waals surface area (Å²) in [6, 6.07) is 0. The van der Waals surface area contributed by atoms with Crippen molar-refractivity contribution in [2.45, 2.75) is 20.8 Å². The number of rotatable bonds is 0. The second-order valence-corrected chi connectivity index (χ2v) is 2.50. The quantitative estimate of drug-likeness (QED) is 0.672. The molecule has 2 nitrogen and oxygen atoms in total. The van der Waals surface area contributed by atoms with E-state index in [0.29, 0.717) is 11.4 Å². The number of aromatic nitrogens is 1. The summed E-state index contributed by atoms with van der Waals surface area (Å²) in [5.74, 6) is 0.319. The average molecular weight is 188 g/mol. The Morgan fingerprint density at radius 2 is 1.82 bits per heavy atom. The van der Waals surface area contributed by atoms with Gasteiger partial charge in [0, 0.05) is 24.8 Å². The van der Waals surface area contributed by atoms with Gasteiger partial charge in [-0.25, -0.2) is 0 Å². The molecule has 0 aliphatic carbocycles. The first-order chi connectivity index (χ1) is 4.63. The topological polar surface area (TPSA) is 33.1 Å². The van der Waals surface area contributed by atoms with Crippen molar-refractivity contribution in [3.05, 3.63) is 23.0 Å². The van der Waals surface area contributed by atoms with Crippen LogP contribution in [0.4, 0.5) is 0 Å². The van der Waals surface area contributed by atoms with Gasteiger partial charge in [0.1, 0.15) is 5.75 Å². The van der Waals surface area contributed by atoms with E-state index in [0.717, 1.165) is 11.1 Å². The van der Waals surface area contributed by atoms with Crippen molar-refractivity contribution in [1.82, 2.24) is 4.98 Å². The molecule has 0 aliphatic heterocycles. The summed E-state index contributed by atoms with van der Waals surface area (Å²) in [6.07, 6.45) is 1.77. The van der Waals surface area contributed by atoms with E-state index in [2.05, 4.69) is 4.98 Å². The van der Waals surface area contributed by atoms with Crippen LogP contribution in [0.15, 0.2) is 6.20 Å². The number of hydrogen-bond donors (Lipinski definition) is 1. The fourth-order valence-corrected chi connectivity index (χ4v) is 0.810. The van der Waals surface area contributed by atoms with Crippen molar-refractivity contribution >= 4 is 0 Å². The minimum atomic E-state index is 0. The van der Waals surface area contributed by atoms with Crippen molar-refractivity contribution in [2.24, 2.45) is 0 Å². The number of hydrogen-bond acceptors (Lipinski definition) is 2. The van der Waals surface area contributed by atoms with Gasteiger partial charge in [-0.1, -0.05) is 0 Å². The summed E-state index contributed by atoms with van der Waals surface area (Å²) in [4.78, 5) is 3.99. The molecule has 0 atom stereocenters. The molecule has 0 spiro atoms. The van der Waals surface area contributed by atoms with Crippen LogP contribution in [0.3, 0.4) is 0 Å². The Labute approximate surface area is 78.5 Å². The first-order valence-corrected chi connectivity index (χ1v) is 3.24. The van der Waals surface area contributed by atoms with Gasteiger partial charge in [0.05, 0.1) is 5.69 Å². The summed E-state index contributed by atoms with van der Waals surface area (Å²) in [5.41, 5.74) is 2.65. The molecule has 1 rings (SSSR count). The molecular weight excluding hydrogens is 177 g/mol.